The van der Waals surface area contributed by atoms with Gasteiger partial charge in [-0.15, -0.1) is 23.1 Å². The molecule has 0 bridgehead atoms. The zero-order valence-electron chi connectivity index (χ0n) is 15.7. The van der Waals surface area contributed by atoms with Crippen LogP contribution < -0.4 is 10.6 Å². The summed E-state index contributed by atoms with van der Waals surface area (Å²) in [6, 6.07) is 7.28. The van der Waals surface area contributed by atoms with Gasteiger partial charge in [0.05, 0.1) is 17.7 Å². The van der Waals surface area contributed by atoms with Crippen molar-refractivity contribution in [2.45, 2.75) is 25.7 Å². The Bertz CT molecular complexity index is 861. The minimum Gasteiger partial charge on any atom is -0.462 e. The number of esters is 1. The second-order valence-corrected chi connectivity index (χ2v) is 7.77. The number of thioether (sulfide) groups is 1. The van der Waals surface area contributed by atoms with Gasteiger partial charge >= 0.3 is 5.97 Å². The molecule has 0 saturated heterocycles. The molecule has 0 aliphatic rings. The highest BCUT2D eigenvalue weighted by atomic mass is 32.2. The number of hydrogen-bond donors (Lipinski definition) is 2. The smallest absolute Gasteiger partial charge is 0.348 e. The highest BCUT2D eigenvalue weighted by Gasteiger charge is 2.26. The van der Waals surface area contributed by atoms with Crippen LogP contribution in [0.25, 0.3) is 0 Å². The zero-order chi connectivity index (χ0) is 20.0. The molecule has 2 aromatic rings. The van der Waals surface area contributed by atoms with E-state index >= 15 is 0 Å². The summed E-state index contributed by atoms with van der Waals surface area (Å²) in [7, 11) is 1.50. The van der Waals surface area contributed by atoms with E-state index in [0.29, 0.717) is 21.0 Å². The number of amides is 2. The van der Waals surface area contributed by atoms with Crippen molar-refractivity contribution in [2.75, 3.05) is 24.7 Å². The highest BCUT2D eigenvalue weighted by molar-refractivity contribution is 7.99. The van der Waals surface area contributed by atoms with Crippen molar-refractivity contribution < 1.29 is 19.1 Å². The molecule has 0 aliphatic heterocycles. The molecule has 0 spiro atoms. The van der Waals surface area contributed by atoms with Crippen molar-refractivity contribution >= 4 is 45.9 Å². The number of hydrogen-bond acceptors (Lipinski definition) is 6. The third kappa shape index (κ3) is 4.70. The Morgan fingerprint density at radius 2 is 1.85 bits per heavy atom. The van der Waals surface area contributed by atoms with E-state index in [0.717, 1.165) is 22.0 Å². The Morgan fingerprint density at radius 3 is 2.48 bits per heavy atom. The average molecular weight is 407 g/mol. The number of thiophene rings is 1. The van der Waals surface area contributed by atoms with E-state index in [4.69, 9.17) is 4.74 Å². The van der Waals surface area contributed by atoms with E-state index in [1.54, 1.807) is 37.7 Å². The zero-order valence-corrected chi connectivity index (χ0v) is 17.3. The molecule has 1 aromatic heterocycles. The Balaban J connectivity index is 2.43. The van der Waals surface area contributed by atoms with Crippen molar-refractivity contribution in [1.29, 1.82) is 0 Å². The van der Waals surface area contributed by atoms with Crippen LogP contribution in [-0.2, 0) is 4.74 Å². The molecule has 27 heavy (non-hydrogen) atoms. The quantitative estimate of drug-likeness (QED) is 0.537. The monoisotopic (exact) mass is 406 g/mol. The highest BCUT2D eigenvalue weighted by Crippen LogP contribution is 2.34. The minimum absolute atomic E-state index is 0.231. The number of anilines is 1. The second-order valence-electron chi connectivity index (χ2n) is 5.44. The van der Waals surface area contributed by atoms with Crippen LogP contribution in [-0.4, -0.2) is 37.2 Å². The summed E-state index contributed by atoms with van der Waals surface area (Å²) >= 11 is 2.61. The van der Waals surface area contributed by atoms with Gasteiger partial charge in [-0.05, 0) is 37.3 Å². The Kier molecular flexibility index (Phi) is 7.44. The van der Waals surface area contributed by atoms with E-state index < -0.39 is 5.97 Å². The third-order valence-corrected chi connectivity index (χ3v) is 5.86. The van der Waals surface area contributed by atoms with Crippen molar-refractivity contribution in [1.82, 2.24) is 5.32 Å². The van der Waals surface area contributed by atoms with Gasteiger partial charge in [-0.2, -0.15) is 0 Å². The van der Waals surface area contributed by atoms with Gasteiger partial charge in [0.15, 0.2) is 0 Å². The lowest BCUT2D eigenvalue weighted by molar-refractivity contribution is 0.0531. The Hall–Kier alpha value is -2.32. The van der Waals surface area contributed by atoms with E-state index in [-0.39, 0.29) is 24.0 Å². The van der Waals surface area contributed by atoms with Crippen LogP contribution in [0.15, 0.2) is 29.2 Å². The number of ether oxygens (including phenoxy) is 1. The molecule has 0 radical (unpaired) electrons. The molecule has 6 nitrogen and oxygen atoms in total. The van der Waals surface area contributed by atoms with Gasteiger partial charge in [0.1, 0.15) is 9.88 Å². The molecule has 0 aliphatic carbocycles. The number of benzene rings is 1. The van der Waals surface area contributed by atoms with Gasteiger partial charge in [-0.3, -0.25) is 9.59 Å². The van der Waals surface area contributed by atoms with Crippen LogP contribution in [0.1, 0.15) is 49.8 Å². The van der Waals surface area contributed by atoms with Gasteiger partial charge in [0.25, 0.3) is 11.8 Å². The fourth-order valence-corrected chi connectivity index (χ4v) is 4.39. The summed E-state index contributed by atoms with van der Waals surface area (Å²) < 4.78 is 5.05. The van der Waals surface area contributed by atoms with Crippen LogP contribution >= 0.6 is 23.1 Å². The predicted molar refractivity (Wildman–Crippen MR) is 109 cm³/mol. The number of nitrogens with one attached hydrogen (secondary N) is 2. The molecule has 0 unspecified atom stereocenters. The molecule has 1 heterocycles. The maximum atomic E-state index is 12.8. The van der Waals surface area contributed by atoms with Crippen molar-refractivity contribution in [3.63, 3.8) is 0 Å². The maximum absolute atomic E-state index is 12.8. The van der Waals surface area contributed by atoms with Crippen LogP contribution in [0.3, 0.4) is 0 Å². The Labute approximate surface area is 166 Å². The summed E-state index contributed by atoms with van der Waals surface area (Å²) in [5.41, 5.74) is 1.29. The standard InChI is InChI=1S/C19H22N2O4S2/c1-5-25-19(24)15-11(3)14(17(23)20-4)18(27-15)21-16(22)12-9-7-8-10-13(12)26-6-2/h7-10H,5-6H2,1-4H3,(H,20,23)(H,21,22). The van der Waals surface area contributed by atoms with Crippen LogP contribution in [0.4, 0.5) is 5.00 Å². The first-order chi connectivity index (χ1) is 12.9. The molecular formula is C19H22N2O4S2. The van der Waals surface area contributed by atoms with Gasteiger partial charge in [-0.1, -0.05) is 19.1 Å². The summed E-state index contributed by atoms with van der Waals surface area (Å²) in [5.74, 6) is -0.370. The molecular weight excluding hydrogens is 384 g/mol. The van der Waals surface area contributed by atoms with Crippen molar-refractivity contribution in [3.8, 4) is 0 Å². The first kappa shape index (κ1) is 21.0. The molecule has 2 rings (SSSR count). The first-order valence-electron chi connectivity index (χ1n) is 8.50. The lowest BCUT2D eigenvalue weighted by Crippen LogP contribution is -2.21. The lowest BCUT2D eigenvalue weighted by Gasteiger charge is -2.09. The molecule has 2 amide bonds. The Morgan fingerprint density at radius 1 is 1.15 bits per heavy atom. The first-order valence-corrected chi connectivity index (χ1v) is 10.3. The number of carbonyl (C=O) groups is 3. The van der Waals surface area contributed by atoms with E-state index in [2.05, 4.69) is 10.6 Å². The fraction of sp³-hybridized carbons (Fsp3) is 0.316. The molecule has 0 fully saturated rings. The molecule has 2 N–H and O–H groups in total. The minimum atomic E-state index is -0.507. The lowest BCUT2D eigenvalue weighted by atomic mass is 10.1. The summed E-state index contributed by atoms with van der Waals surface area (Å²) in [5, 5.41) is 5.68. The predicted octanol–water partition coefficient (Wildman–Crippen LogP) is 3.96. The normalized spacial score (nSPS) is 10.4. The fourth-order valence-electron chi connectivity index (χ4n) is 2.50. The maximum Gasteiger partial charge on any atom is 0.348 e. The van der Waals surface area contributed by atoms with E-state index in [1.165, 1.54) is 7.05 Å². The molecule has 8 heteroatoms. The molecule has 1 aromatic carbocycles. The van der Waals surface area contributed by atoms with Gasteiger partial charge < -0.3 is 15.4 Å². The van der Waals surface area contributed by atoms with Crippen molar-refractivity contribution in [2.24, 2.45) is 0 Å². The number of rotatable bonds is 7. The SMILES string of the molecule is CCOC(=O)c1sc(NC(=O)c2ccccc2SCC)c(C(=O)NC)c1C. The third-order valence-electron chi connectivity index (χ3n) is 3.72. The largest absolute Gasteiger partial charge is 0.462 e. The summed E-state index contributed by atoms with van der Waals surface area (Å²) in [6.45, 7) is 5.63. The summed E-state index contributed by atoms with van der Waals surface area (Å²) in [6.07, 6.45) is 0. The van der Waals surface area contributed by atoms with Crippen LogP contribution in [0.5, 0.6) is 0 Å². The molecule has 0 saturated carbocycles. The van der Waals surface area contributed by atoms with Crippen LogP contribution in [0, 0.1) is 6.92 Å². The summed E-state index contributed by atoms with van der Waals surface area (Å²) in [4.78, 5) is 38.5. The van der Waals surface area contributed by atoms with E-state index in [1.807, 2.05) is 19.1 Å². The molecule has 0 atom stereocenters. The number of carbonyl (C=O) groups excluding carboxylic acids is 3. The second kappa shape index (κ2) is 9.57. The van der Waals surface area contributed by atoms with E-state index in [9.17, 15) is 14.4 Å². The van der Waals surface area contributed by atoms with Gasteiger partial charge in [0.2, 0.25) is 0 Å². The van der Waals surface area contributed by atoms with Crippen molar-refractivity contribution in [3.05, 3.63) is 45.8 Å². The average Bonchev–Trinajstić information content (AvgIpc) is 2.98. The van der Waals surface area contributed by atoms with Gasteiger partial charge in [-0.25, -0.2) is 4.79 Å². The topological polar surface area (TPSA) is 84.5 Å². The molecule has 144 valence electrons. The van der Waals surface area contributed by atoms with Gasteiger partial charge in [0, 0.05) is 11.9 Å². The van der Waals surface area contributed by atoms with Crippen LogP contribution in [0.2, 0.25) is 0 Å².